The Labute approximate surface area is 114 Å². The highest BCUT2D eigenvalue weighted by atomic mass is 16.5. The van der Waals surface area contributed by atoms with Gasteiger partial charge in [-0.1, -0.05) is 35.9 Å². The molecular formula is C17H19NO. The molecule has 0 spiro atoms. The van der Waals surface area contributed by atoms with E-state index in [0.29, 0.717) is 0 Å². The van der Waals surface area contributed by atoms with E-state index in [4.69, 9.17) is 4.74 Å². The lowest BCUT2D eigenvalue weighted by molar-refractivity contribution is 0.206. The van der Waals surface area contributed by atoms with Crippen molar-refractivity contribution in [2.75, 3.05) is 11.9 Å². The van der Waals surface area contributed by atoms with E-state index in [-0.39, 0.29) is 6.10 Å². The average molecular weight is 253 g/mol. The summed E-state index contributed by atoms with van der Waals surface area (Å²) in [4.78, 5) is 0. The first-order valence-corrected chi connectivity index (χ1v) is 6.86. The fourth-order valence-electron chi connectivity index (χ4n) is 2.54. The molecule has 0 aliphatic carbocycles. The minimum absolute atomic E-state index is 0.232. The Kier molecular flexibility index (Phi) is 3.41. The maximum absolute atomic E-state index is 6.03. The summed E-state index contributed by atoms with van der Waals surface area (Å²) < 4.78 is 6.03. The van der Waals surface area contributed by atoms with Crippen LogP contribution in [0.3, 0.4) is 0 Å². The molecule has 0 aromatic heterocycles. The van der Waals surface area contributed by atoms with E-state index >= 15 is 0 Å². The molecule has 1 heterocycles. The predicted octanol–water partition coefficient (Wildman–Crippen LogP) is 3.80. The van der Waals surface area contributed by atoms with E-state index < -0.39 is 0 Å². The number of ether oxygens (including phenoxy) is 1. The van der Waals surface area contributed by atoms with Crippen LogP contribution in [-0.2, 0) is 6.42 Å². The van der Waals surface area contributed by atoms with Crippen molar-refractivity contribution in [2.24, 2.45) is 0 Å². The Hall–Kier alpha value is -1.96. The number of hydrogen-bond acceptors (Lipinski definition) is 2. The highest BCUT2D eigenvalue weighted by molar-refractivity contribution is 5.53. The molecule has 0 saturated heterocycles. The van der Waals surface area contributed by atoms with Crippen molar-refractivity contribution in [2.45, 2.75) is 25.9 Å². The van der Waals surface area contributed by atoms with Gasteiger partial charge in [0.15, 0.2) is 0 Å². The van der Waals surface area contributed by atoms with Crippen molar-refractivity contribution >= 4 is 5.69 Å². The quantitative estimate of drug-likeness (QED) is 0.879. The van der Waals surface area contributed by atoms with Gasteiger partial charge in [-0.05, 0) is 43.5 Å². The van der Waals surface area contributed by atoms with Crippen LogP contribution in [0.1, 0.15) is 17.5 Å². The van der Waals surface area contributed by atoms with Crippen molar-refractivity contribution in [1.29, 1.82) is 0 Å². The van der Waals surface area contributed by atoms with Gasteiger partial charge in [0.05, 0.1) is 6.54 Å². The molecule has 1 aliphatic rings. The number of aryl methyl sites for hydroxylation is 2. The Morgan fingerprint density at radius 1 is 1.11 bits per heavy atom. The number of rotatable bonds is 2. The average Bonchev–Trinajstić information content (AvgIpc) is 2.63. The van der Waals surface area contributed by atoms with Gasteiger partial charge in [0.2, 0.25) is 0 Å². The van der Waals surface area contributed by atoms with E-state index in [0.717, 1.165) is 25.1 Å². The molecule has 1 N–H and O–H groups in total. The number of para-hydroxylation sites is 1. The number of hydrogen-bond donors (Lipinski definition) is 1. The fraction of sp³-hybridized carbons (Fsp3) is 0.294. The number of anilines is 1. The van der Waals surface area contributed by atoms with Gasteiger partial charge in [-0.2, -0.15) is 0 Å². The molecule has 0 bridgehead atoms. The van der Waals surface area contributed by atoms with Crippen LogP contribution in [0.15, 0.2) is 48.5 Å². The normalized spacial score (nSPS) is 18.1. The van der Waals surface area contributed by atoms with Crippen LogP contribution in [0.4, 0.5) is 5.69 Å². The van der Waals surface area contributed by atoms with Gasteiger partial charge in [0.25, 0.3) is 0 Å². The minimum atomic E-state index is 0.232. The van der Waals surface area contributed by atoms with E-state index in [1.54, 1.807) is 0 Å². The van der Waals surface area contributed by atoms with Gasteiger partial charge in [-0.3, -0.25) is 0 Å². The van der Waals surface area contributed by atoms with Gasteiger partial charge in [-0.15, -0.1) is 0 Å². The highest BCUT2D eigenvalue weighted by Gasteiger charge is 2.16. The van der Waals surface area contributed by atoms with Crippen molar-refractivity contribution in [1.82, 2.24) is 0 Å². The summed E-state index contributed by atoms with van der Waals surface area (Å²) in [6.45, 7) is 3.01. The van der Waals surface area contributed by atoms with Gasteiger partial charge in [0.1, 0.15) is 11.9 Å². The lowest BCUT2D eigenvalue weighted by Gasteiger charge is -2.17. The van der Waals surface area contributed by atoms with Crippen molar-refractivity contribution in [3.63, 3.8) is 0 Å². The molecule has 0 radical (unpaired) electrons. The predicted molar refractivity (Wildman–Crippen MR) is 78.8 cm³/mol. The van der Waals surface area contributed by atoms with E-state index in [1.165, 1.54) is 16.8 Å². The zero-order chi connectivity index (χ0) is 13.1. The Bertz CT molecular complexity index is 550. The third-order valence-corrected chi connectivity index (χ3v) is 3.56. The molecule has 0 saturated carbocycles. The monoisotopic (exact) mass is 253 g/mol. The smallest absolute Gasteiger partial charge is 0.119 e. The second-order valence-corrected chi connectivity index (χ2v) is 5.13. The largest absolute Gasteiger partial charge is 0.489 e. The van der Waals surface area contributed by atoms with E-state index in [9.17, 15) is 0 Å². The third-order valence-electron chi connectivity index (χ3n) is 3.56. The number of nitrogens with one attached hydrogen (secondary N) is 1. The standard InChI is InChI=1S/C17H19NO/c1-13-7-10-17-14(11-13)8-9-16(12-18-17)19-15-5-3-2-4-6-15/h2-7,10-11,16,18H,8-9,12H2,1H3. The van der Waals surface area contributed by atoms with Crippen LogP contribution >= 0.6 is 0 Å². The minimum Gasteiger partial charge on any atom is -0.489 e. The van der Waals surface area contributed by atoms with Crippen LogP contribution in [0.5, 0.6) is 5.75 Å². The molecule has 1 atom stereocenters. The first-order valence-electron chi connectivity index (χ1n) is 6.86. The van der Waals surface area contributed by atoms with Crippen molar-refractivity contribution < 1.29 is 4.74 Å². The van der Waals surface area contributed by atoms with Crippen LogP contribution in [0.25, 0.3) is 0 Å². The van der Waals surface area contributed by atoms with Gasteiger partial charge >= 0.3 is 0 Å². The van der Waals surface area contributed by atoms with Crippen LogP contribution in [0, 0.1) is 6.92 Å². The molecule has 1 aliphatic heterocycles. The first-order chi connectivity index (χ1) is 9.31. The lowest BCUT2D eigenvalue weighted by Crippen LogP contribution is -2.24. The van der Waals surface area contributed by atoms with Crippen molar-refractivity contribution in [3.8, 4) is 5.75 Å². The van der Waals surface area contributed by atoms with Crippen LogP contribution in [0.2, 0.25) is 0 Å². The molecule has 2 aromatic rings. The number of benzene rings is 2. The Morgan fingerprint density at radius 3 is 2.79 bits per heavy atom. The summed E-state index contributed by atoms with van der Waals surface area (Å²) in [5.74, 6) is 0.955. The second kappa shape index (κ2) is 5.35. The van der Waals surface area contributed by atoms with Crippen LogP contribution < -0.4 is 10.1 Å². The molecule has 1 unspecified atom stereocenters. The second-order valence-electron chi connectivity index (χ2n) is 5.13. The van der Waals surface area contributed by atoms with Gasteiger partial charge in [-0.25, -0.2) is 0 Å². The molecular weight excluding hydrogens is 234 g/mol. The maximum Gasteiger partial charge on any atom is 0.119 e. The van der Waals surface area contributed by atoms with Crippen LogP contribution in [-0.4, -0.2) is 12.6 Å². The summed E-state index contributed by atoms with van der Waals surface area (Å²) in [5.41, 5.74) is 3.98. The maximum atomic E-state index is 6.03. The summed E-state index contributed by atoms with van der Waals surface area (Å²) in [6, 6.07) is 16.7. The molecule has 19 heavy (non-hydrogen) atoms. The highest BCUT2D eigenvalue weighted by Crippen LogP contribution is 2.24. The van der Waals surface area contributed by atoms with Gasteiger partial charge in [0, 0.05) is 5.69 Å². The summed E-state index contributed by atoms with van der Waals surface area (Å²) >= 11 is 0. The molecule has 0 amide bonds. The molecule has 98 valence electrons. The lowest BCUT2D eigenvalue weighted by atomic mass is 10.0. The summed E-state index contributed by atoms with van der Waals surface area (Å²) in [6.07, 6.45) is 2.36. The summed E-state index contributed by atoms with van der Waals surface area (Å²) in [5, 5.41) is 3.50. The van der Waals surface area contributed by atoms with E-state index in [1.807, 2.05) is 30.3 Å². The fourth-order valence-corrected chi connectivity index (χ4v) is 2.54. The molecule has 2 heteroatoms. The SMILES string of the molecule is Cc1ccc2c(c1)CCC(Oc1ccccc1)CN2. The third kappa shape index (κ3) is 2.90. The molecule has 2 aromatic carbocycles. The van der Waals surface area contributed by atoms with Gasteiger partial charge < -0.3 is 10.1 Å². The molecule has 2 nitrogen and oxygen atoms in total. The van der Waals surface area contributed by atoms with Crippen molar-refractivity contribution in [3.05, 3.63) is 59.7 Å². The number of fused-ring (bicyclic) bond motifs is 1. The first kappa shape index (κ1) is 12.1. The topological polar surface area (TPSA) is 21.3 Å². The molecule has 0 fully saturated rings. The Balaban J connectivity index is 1.70. The Morgan fingerprint density at radius 2 is 1.95 bits per heavy atom. The summed E-state index contributed by atoms with van der Waals surface area (Å²) in [7, 11) is 0. The van der Waals surface area contributed by atoms with E-state index in [2.05, 4.69) is 30.4 Å². The molecule has 3 rings (SSSR count). The zero-order valence-corrected chi connectivity index (χ0v) is 11.2. The zero-order valence-electron chi connectivity index (χ0n) is 11.2.